The molecule has 1 unspecified atom stereocenters. The van der Waals surface area contributed by atoms with Crippen molar-refractivity contribution in [2.24, 2.45) is 5.92 Å². The lowest BCUT2D eigenvalue weighted by Crippen LogP contribution is -2.22. The van der Waals surface area contributed by atoms with E-state index in [0.717, 1.165) is 25.9 Å². The van der Waals surface area contributed by atoms with Crippen LogP contribution in [0.3, 0.4) is 0 Å². The Morgan fingerprint density at radius 3 is 2.35 bits per heavy atom. The Kier molecular flexibility index (Phi) is 8.04. The molecular weight excluding hydrogens is 317 g/mol. The summed E-state index contributed by atoms with van der Waals surface area (Å²) in [5.41, 5.74) is 0. The minimum absolute atomic E-state index is 0.0885. The molecule has 0 aliphatic heterocycles. The Balaban J connectivity index is 2.35. The highest BCUT2D eigenvalue weighted by Crippen LogP contribution is 2.34. The fourth-order valence-electron chi connectivity index (χ4n) is 1.78. The summed E-state index contributed by atoms with van der Waals surface area (Å²) in [5, 5.41) is 4.80. The number of hydrogen-bond donors (Lipinski definition) is 1. The van der Waals surface area contributed by atoms with Gasteiger partial charge >= 0.3 is 0 Å². The average Bonchev–Trinajstić information content (AvgIpc) is 2.35. The summed E-state index contributed by atoms with van der Waals surface area (Å²) < 4.78 is 5.81. The number of benzene rings is 1. The van der Waals surface area contributed by atoms with Crippen LogP contribution in [0.5, 0.6) is 5.75 Å². The molecule has 0 aliphatic rings. The van der Waals surface area contributed by atoms with Crippen molar-refractivity contribution in [3.63, 3.8) is 0 Å². The fourth-order valence-corrected chi connectivity index (χ4v) is 2.36. The first-order chi connectivity index (χ1) is 9.40. The van der Waals surface area contributed by atoms with Gasteiger partial charge in [0.2, 0.25) is 0 Å². The molecule has 5 heteroatoms. The van der Waals surface area contributed by atoms with Gasteiger partial charge in [-0.3, -0.25) is 0 Å². The third-order valence-corrected chi connectivity index (χ3v) is 3.84. The number of rotatable bonds is 8. The second-order valence-corrected chi connectivity index (χ2v) is 6.59. The zero-order valence-corrected chi connectivity index (χ0v) is 14.4. The van der Waals surface area contributed by atoms with E-state index < -0.39 is 0 Å². The van der Waals surface area contributed by atoms with Crippen LogP contribution >= 0.6 is 34.8 Å². The van der Waals surface area contributed by atoms with Gasteiger partial charge in [-0.15, -0.1) is 0 Å². The van der Waals surface area contributed by atoms with Crippen LogP contribution in [0.25, 0.3) is 0 Å². The molecule has 1 rings (SSSR count). The first kappa shape index (κ1) is 17.9. The first-order valence-corrected chi connectivity index (χ1v) is 8.05. The van der Waals surface area contributed by atoms with E-state index in [-0.39, 0.29) is 6.10 Å². The average molecular weight is 339 g/mol. The van der Waals surface area contributed by atoms with E-state index in [0.29, 0.717) is 26.7 Å². The number of nitrogens with one attached hydrogen (secondary N) is 1. The minimum atomic E-state index is 0.0885. The molecule has 20 heavy (non-hydrogen) atoms. The van der Waals surface area contributed by atoms with Gasteiger partial charge in [-0.1, -0.05) is 48.7 Å². The Bertz CT molecular complexity index is 424. The number of ether oxygens (including phenoxy) is 1. The zero-order chi connectivity index (χ0) is 15.1. The number of halogens is 3. The molecule has 0 aliphatic carbocycles. The van der Waals surface area contributed by atoms with Crippen LogP contribution in [-0.4, -0.2) is 19.2 Å². The Morgan fingerprint density at radius 2 is 1.70 bits per heavy atom. The van der Waals surface area contributed by atoms with Gasteiger partial charge < -0.3 is 10.1 Å². The molecule has 114 valence electrons. The van der Waals surface area contributed by atoms with Gasteiger partial charge in [0.1, 0.15) is 5.75 Å². The molecule has 0 saturated carbocycles. The topological polar surface area (TPSA) is 21.3 Å². The quantitative estimate of drug-likeness (QED) is 0.503. The summed E-state index contributed by atoms with van der Waals surface area (Å²) in [5.74, 6) is 1.27. The summed E-state index contributed by atoms with van der Waals surface area (Å²) in [4.78, 5) is 0. The lowest BCUT2D eigenvalue weighted by atomic mass is 10.2. The van der Waals surface area contributed by atoms with E-state index >= 15 is 0 Å². The summed E-state index contributed by atoms with van der Waals surface area (Å²) in [6.45, 7) is 8.48. The molecule has 1 N–H and O–H groups in total. The van der Waals surface area contributed by atoms with Crippen LogP contribution in [0.15, 0.2) is 12.1 Å². The van der Waals surface area contributed by atoms with Gasteiger partial charge in [-0.25, -0.2) is 0 Å². The van der Waals surface area contributed by atoms with Crippen molar-refractivity contribution in [2.45, 2.75) is 39.7 Å². The van der Waals surface area contributed by atoms with E-state index in [4.69, 9.17) is 39.5 Å². The van der Waals surface area contributed by atoms with E-state index in [1.807, 2.05) is 6.92 Å². The lowest BCUT2D eigenvalue weighted by molar-refractivity contribution is 0.207. The van der Waals surface area contributed by atoms with Gasteiger partial charge in [0, 0.05) is 6.07 Å². The van der Waals surface area contributed by atoms with Gasteiger partial charge in [-0.05, 0) is 44.8 Å². The maximum Gasteiger partial charge on any atom is 0.139 e. The highest BCUT2D eigenvalue weighted by molar-refractivity contribution is 6.43. The summed E-state index contributed by atoms with van der Waals surface area (Å²) >= 11 is 17.9. The smallest absolute Gasteiger partial charge is 0.139 e. The normalized spacial score (nSPS) is 12.8. The van der Waals surface area contributed by atoms with E-state index in [1.54, 1.807) is 12.1 Å². The van der Waals surface area contributed by atoms with Crippen molar-refractivity contribution in [3.05, 3.63) is 27.2 Å². The minimum Gasteiger partial charge on any atom is -0.489 e. The van der Waals surface area contributed by atoms with Crippen molar-refractivity contribution in [1.29, 1.82) is 0 Å². The first-order valence-electron chi connectivity index (χ1n) is 6.92. The molecule has 1 aromatic carbocycles. The molecule has 2 nitrogen and oxygen atoms in total. The van der Waals surface area contributed by atoms with Crippen molar-refractivity contribution in [2.75, 3.05) is 13.1 Å². The van der Waals surface area contributed by atoms with Crippen molar-refractivity contribution in [1.82, 2.24) is 5.32 Å². The van der Waals surface area contributed by atoms with Crippen molar-refractivity contribution < 1.29 is 4.74 Å². The predicted molar refractivity (Wildman–Crippen MR) is 88.5 cm³/mol. The highest BCUT2D eigenvalue weighted by Gasteiger charge is 2.10. The van der Waals surface area contributed by atoms with Gasteiger partial charge in [0.15, 0.2) is 0 Å². The summed E-state index contributed by atoms with van der Waals surface area (Å²) in [7, 11) is 0. The molecule has 0 spiro atoms. The molecule has 0 fully saturated rings. The Labute approximate surface area is 136 Å². The lowest BCUT2D eigenvalue weighted by Gasteiger charge is -2.16. The van der Waals surface area contributed by atoms with Crippen LogP contribution in [0.4, 0.5) is 0 Å². The molecule has 0 heterocycles. The maximum absolute atomic E-state index is 6.08. The van der Waals surface area contributed by atoms with E-state index in [2.05, 4.69) is 19.2 Å². The molecular formula is C15H22Cl3NO. The zero-order valence-electron chi connectivity index (χ0n) is 12.2. The molecule has 0 bridgehead atoms. The Hall–Kier alpha value is -0.150. The monoisotopic (exact) mass is 337 g/mol. The SMILES string of the molecule is CC(C)CNCCCC(C)Oc1cc(Cl)c(Cl)cc1Cl. The third kappa shape index (κ3) is 6.53. The summed E-state index contributed by atoms with van der Waals surface area (Å²) in [6.07, 6.45) is 2.11. The molecule has 0 radical (unpaired) electrons. The second kappa shape index (κ2) is 8.99. The third-order valence-electron chi connectivity index (χ3n) is 2.82. The molecule has 0 aromatic heterocycles. The van der Waals surface area contributed by atoms with Crippen LogP contribution in [0, 0.1) is 5.92 Å². The highest BCUT2D eigenvalue weighted by atomic mass is 35.5. The van der Waals surface area contributed by atoms with Crippen LogP contribution in [-0.2, 0) is 0 Å². The standard InChI is InChI=1S/C15H22Cl3NO/c1-10(2)9-19-6-4-5-11(3)20-15-8-13(17)12(16)7-14(15)18/h7-8,10-11,19H,4-6,9H2,1-3H3. The van der Waals surface area contributed by atoms with Crippen LogP contribution in [0.1, 0.15) is 33.6 Å². The van der Waals surface area contributed by atoms with E-state index in [1.165, 1.54) is 0 Å². The maximum atomic E-state index is 6.08. The van der Waals surface area contributed by atoms with E-state index in [9.17, 15) is 0 Å². The fraction of sp³-hybridized carbons (Fsp3) is 0.600. The Morgan fingerprint density at radius 1 is 1.05 bits per heavy atom. The van der Waals surface area contributed by atoms with Crippen LogP contribution in [0.2, 0.25) is 15.1 Å². The van der Waals surface area contributed by atoms with Crippen LogP contribution < -0.4 is 10.1 Å². The molecule has 0 amide bonds. The van der Waals surface area contributed by atoms with Crippen molar-refractivity contribution >= 4 is 34.8 Å². The van der Waals surface area contributed by atoms with Gasteiger partial charge in [-0.2, -0.15) is 0 Å². The molecule has 1 aromatic rings. The predicted octanol–water partition coefficient (Wildman–Crippen LogP) is 5.44. The molecule has 0 saturated heterocycles. The van der Waals surface area contributed by atoms with Crippen molar-refractivity contribution in [3.8, 4) is 5.75 Å². The van der Waals surface area contributed by atoms with Gasteiger partial charge in [0.05, 0.1) is 21.2 Å². The largest absolute Gasteiger partial charge is 0.489 e. The second-order valence-electron chi connectivity index (χ2n) is 5.37. The molecule has 1 atom stereocenters. The van der Waals surface area contributed by atoms with Gasteiger partial charge in [0.25, 0.3) is 0 Å². The number of hydrogen-bond acceptors (Lipinski definition) is 2. The summed E-state index contributed by atoms with van der Waals surface area (Å²) in [6, 6.07) is 3.28.